The Labute approximate surface area is 155 Å². The largest absolute Gasteiger partial charge is 0.324 e. The molecule has 4 rings (SSSR count). The number of fused-ring (bicyclic) bond motifs is 1. The normalized spacial score (nSPS) is 11.3. The lowest BCUT2D eigenvalue weighted by Crippen LogP contribution is -2.03. The van der Waals surface area contributed by atoms with E-state index in [-0.39, 0.29) is 17.7 Å². The Morgan fingerprint density at radius 1 is 1.07 bits per heavy atom. The standard InChI is InChI=1S/C19H18FN7/c1-11(2)27-12(3)24-18-15(27)8-13(9-22-18)17-14(20)10-23-19(26-17)25-16-6-4-5-7-21-16/h4-11H,1-3H3,(H,21,23,25,26). The molecule has 1 N–H and O–H groups in total. The number of nitrogens with zero attached hydrogens (tertiary/aromatic N) is 6. The van der Waals surface area contributed by atoms with Crippen LogP contribution in [0.15, 0.2) is 42.9 Å². The summed E-state index contributed by atoms with van der Waals surface area (Å²) in [6.07, 6.45) is 4.37. The molecule has 0 fully saturated rings. The monoisotopic (exact) mass is 363 g/mol. The van der Waals surface area contributed by atoms with Crippen molar-refractivity contribution >= 4 is 22.9 Å². The number of imidazole rings is 1. The molecule has 0 atom stereocenters. The average Bonchev–Trinajstić information content (AvgIpc) is 2.99. The van der Waals surface area contributed by atoms with Crippen molar-refractivity contribution in [2.45, 2.75) is 26.8 Å². The lowest BCUT2D eigenvalue weighted by Gasteiger charge is -2.11. The smallest absolute Gasteiger partial charge is 0.229 e. The van der Waals surface area contributed by atoms with Gasteiger partial charge in [-0.3, -0.25) is 0 Å². The van der Waals surface area contributed by atoms with E-state index in [1.54, 1.807) is 18.5 Å². The molecular formula is C19H18FN7. The van der Waals surface area contributed by atoms with E-state index in [4.69, 9.17) is 0 Å². The van der Waals surface area contributed by atoms with E-state index in [0.717, 1.165) is 17.5 Å². The topological polar surface area (TPSA) is 81.4 Å². The second-order valence-electron chi connectivity index (χ2n) is 6.42. The van der Waals surface area contributed by atoms with Crippen molar-refractivity contribution in [3.8, 4) is 11.3 Å². The Morgan fingerprint density at radius 3 is 2.67 bits per heavy atom. The highest BCUT2D eigenvalue weighted by molar-refractivity contribution is 5.78. The molecule has 0 saturated carbocycles. The van der Waals surface area contributed by atoms with E-state index in [1.165, 1.54) is 0 Å². The van der Waals surface area contributed by atoms with Crippen LogP contribution >= 0.6 is 0 Å². The number of pyridine rings is 2. The maximum Gasteiger partial charge on any atom is 0.229 e. The summed E-state index contributed by atoms with van der Waals surface area (Å²) in [5.41, 5.74) is 2.21. The number of aromatic nitrogens is 6. The highest BCUT2D eigenvalue weighted by atomic mass is 19.1. The molecule has 8 heteroatoms. The Kier molecular flexibility index (Phi) is 4.23. The summed E-state index contributed by atoms with van der Waals surface area (Å²) in [7, 11) is 0. The third-order valence-corrected chi connectivity index (χ3v) is 4.16. The number of nitrogens with one attached hydrogen (secondary N) is 1. The summed E-state index contributed by atoms with van der Waals surface area (Å²) in [4.78, 5) is 21.3. The van der Waals surface area contributed by atoms with Crippen LogP contribution in [0.3, 0.4) is 0 Å². The van der Waals surface area contributed by atoms with Gasteiger partial charge in [0, 0.05) is 24.0 Å². The molecule has 4 heterocycles. The first-order valence-corrected chi connectivity index (χ1v) is 8.58. The molecule has 4 aromatic rings. The van der Waals surface area contributed by atoms with E-state index in [2.05, 4.69) is 48.7 Å². The third kappa shape index (κ3) is 3.21. The van der Waals surface area contributed by atoms with Gasteiger partial charge in [0.25, 0.3) is 0 Å². The quantitative estimate of drug-likeness (QED) is 0.589. The lowest BCUT2D eigenvalue weighted by atomic mass is 10.2. The maximum absolute atomic E-state index is 14.4. The van der Waals surface area contributed by atoms with Gasteiger partial charge in [-0.05, 0) is 39.0 Å². The fraction of sp³-hybridized carbons (Fsp3) is 0.211. The van der Waals surface area contributed by atoms with Gasteiger partial charge in [0.05, 0.1) is 11.7 Å². The summed E-state index contributed by atoms with van der Waals surface area (Å²) in [5, 5.41) is 2.97. The molecule has 0 radical (unpaired) electrons. The molecule has 0 spiro atoms. The van der Waals surface area contributed by atoms with Crippen LogP contribution in [0.5, 0.6) is 0 Å². The molecule has 0 aliphatic rings. The first kappa shape index (κ1) is 17.0. The van der Waals surface area contributed by atoms with Crippen molar-refractivity contribution in [2.24, 2.45) is 0 Å². The van der Waals surface area contributed by atoms with Crippen molar-refractivity contribution < 1.29 is 4.39 Å². The predicted molar refractivity (Wildman–Crippen MR) is 101 cm³/mol. The summed E-state index contributed by atoms with van der Waals surface area (Å²) in [5.74, 6) is 1.19. The molecule has 0 saturated heterocycles. The molecule has 0 amide bonds. The van der Waals surface area contributed by atoms with Gasteiger partial charge in [-0.15, -0.1) is 0 Å². The van der Waals surface area contributed by atoms with Crippen molar-refractivity contribution in [2.75, 3.05) is 5.32 Å². The van der Waals surface area contributed by atoms with Crippen LogP contribution < -0.4 is 5.32 Å². The molecule has 136 valence electrons. The minimum atomic E-state index is -0.518. The highest BCUT2D eigenvalue weighted by Gasteiger charge is 2.15. The Balaban J connectivity index is 1.78. The fourth-order valence-corrected chi connectivity index (χ4v) is 3.05. The molecule has 0 unspecified atom stereocenters. The second-order valence-corrected chi connectivity index (χ2v) is 6.42. The minimum Gasteiger partial charge on any atom is -0.324 e. The molecular weight excluding hydrogens is 345 g/mol. The van der Waals surface area contributed by atoms with E-state index in [0.29, 0.717) is 17.0 Å². The van der Waals surface area contributed by atoms with Gasteiger partial charge in [0.1, 0.15) is 17.3 Å². The van der Waals surface area contributed by atoms with Gasteiger partial charge < -0.3 is 9.88 Å². The van der Waals surface area contributed by atoms with Crippen LogP contribution in [0.1, 0.15) is 25.7 Å². The van der Waals surface area contributed by atoms with E-state index < -0.39 is 5.82 Å². The second kappa shape index (κ2) is 6.71. The Bertz CT molecular complexity index is 1110. The number of anilines is 2. The molecule has 0 aliphatic heterocycles. The summed E-state index contributed by atoms with van der Waals surface area (Å²) >= 11 is 0. The Hall–Kier alpha value is -3.42. The zero-order valence-corrected chi connectivity index (χ0v) is 15.2. The Morgan fingerprint density at radius 2 is 1.93 bits per heavy atom. The molecule has 0 bridgehead atoms. The summed E-state index contributed by atoms with van der Waals surface area (Å²) in [6.45, 7) is 6.07. The van der Waals surface area contributed by atoms with Gasteiger partial charge >= 0.3 is 0 Å². The lowest BCUT2D eigenvalue weighted by molar-refractivity contribution is 0.600. The number of aryl methyl sites for hydroxylation is 1. The van der Waals surface area contributed by atoms with Crippen LogP contribution in [0.2, 0.25) is 0 Å². The third-order valence-electron chi connectivity index (χ3n) is 4.16. The first-order chi connectivity index (χ1) is 13.0. The number of hydrogen-bond acceptors (Lipinski definition) is 6. The molecule has 27 heavy (non-hydrogen) atoms. The van der Waals surface area contributed by atoms with Gasteiger partial charge in [-0.2, -0.15) is 0 Å². The van der Waals surface area contributed by atoms with Crippen LogP contribution in [-0.2, 0) is 0 Å². The zero-order chi connectivity index (χ0) is 19.0. The SMILES string of the molecule is Cc1nc2ncc(-c3nc(Nc4ccccn4)ncc3F)cc2n1C(C)C. The van der Waals surface area contributed by atoms with E-state index in [9.17, 15) is 4.39 Å². The summed E-state index contributed by atoms with van der Waals surface area (Å²) in [6, 6.07) is 7.50. The maximum atomic E-state index is 14.4. The van der Waals surface area contributed by atoms with Crippen molar-refractivity contribution in [1.29, 1.82) is 0 Å². The van der Waals surface area contributed by atoms with Gasteiger partial charge in [-0.1, -0.05) is 6.07 Å². The van der Waals surface area contributed by atoms with E-state index >= 15 is 0 Å². The van der Waals surface area contributed by atoms with Gasteiger partial charge in [0.15, 0.2) is 11.5 Å². The van der Waals surface area contributed by atoms with Crippen molar-refractivity contribution in [3.63, 3.8) is 0 Å². The molecule has 7 nitrogen and oxygen atoms in total. The van der Waals surface area contributed by atoms with Crippen molar-refractivity contribution in [3.05, 3.63) is 54.5 Å². The fourth-order valence-electron chi connectivity index (χ4n) is 3.05. The molecule has 0 aromatic carbocycles. The average molecular weight is 363 g/mol. The van der Waals surface area contributed by atoms with Gasteiger partial charge in [0.2, 0.25) is 5.95 Å². The van der Waals surface area contributed by atoms with E-state index in [1.807, 2.05) is 25.1 Å². The van der Waals surface area contributed by atoms with Crippen LogP contribution in [0.4, 0.5) is 16.2 Å². The molecule has 0 aliphatic carbocycles. The van der Waals surface area contributed by atoms with Crippen LogP contribution in [0, 0.1) is 12.7 Å². The number of rotatable bonds is 4. The van der Waals surface area contributed by atoms with Gasteiger partial charge in [-0.25, -0.2) is 29.3 Å². The highest BCUT2D eigenvalue weighted by Crippen LogP contribution is 2.26. The van der Waals surface area contributed by atoms with Crippen LogP contribution in [0.25, 0.3) is 22.4 Å². The summed E-state index contributed by atoms with van der Waals surface area (Å²) < 4.78 is 16.5. The van der Waals surface area contributed by atoms with Crippen LogP contribution in [-0.4, -0.2) is 29.5 Å². The zero-order valence-electron chi connectivity index (χ0n) is 15.2. The minimum absolute atomic E-state index is 0.173. The first-order valence-electron chi connectivity index (χ1n) is 8.58. The predicted octanol–water partition coefficient (Wildman–Crippen LogP) is 4.06. The van der Waals surface area contributed by atoms with Crippen molar-refractivity contribution in [1.82, 2.24) is 29.5 Å². The number of halogens is 1. The molecule has 4 aromatic heterocycles. The number of hydrogen-bond donors (Lipinski definition) is 1.